The zero-order valence-electron chi connectivity index (χ0n) is 16.0. The largest absolute Gasteiger partial charge is 0.497 e. The van der Waals surface area contributed by atoms with Crippen molar-refractivity contribution in [3.05, 3.63) is 85.7 Å². The van der Waals surface area contributed by atoms with Crippen LogP contribution in [0, 0.1) is 6.92 Å². The third-order valence-corrected chi connectivity index (χ3v) is 6.27. The van der Waals surface area contributed by atoms with E-state index in [1.807, 2.05) is 24.4 Å². The van der Waals surface area contributed by atoms with E-state index in [1.54, 1.807) is 37.4 Å². The molecule has 0 radical (unpaired) electrons. The van der Waals surface area contributed by atoms with Crippen molar-refractivity contribution < 1.29 is 13.9 Å². The zero-order valence-corrected chi connectivity index (χ0v) is 17.6. The number of nitrogens with zero attached hydrogens (tertiary/aromatic N) is 2. The first-order valence-corrected chi connectivity index (χ1v) is 10.4. The average Bonchev–Trinajstić information content (AvgIpc) is 3.30. The highest BCUT2D eigenvalue weighted by Gasteiger charge is 2.44. The number of fused-ring (bicyclic) bond motifs is 2. The first kappa shape index (κ1) is 18.8. The van der Waals surface area contributed by atoms with Crippen LogP contribution in [0.15, 0.2) is 57.1 Å². The minimum atomic E-state index is -0.663. The molecule has 0 bridgehead atoms. The molecule has 8 heteroatoms. The topological polar surface area (TPSA) is 72.6 Å². The molecular weight excluding hydrogens is 424 g/mol. The summed E-state index contributed by atoms with van der Waals surface area (Å²) in [5.41, 5.74) is 1.88. The van der Waals surface area contributed by atoms with Crippen molar-refractivity contribution in [2.24, 2.45) is 0 Å². The highest BCUT2D eigenvalue weighted by atomic mass is 35.5. The first-order chi connectivity index (χ1) is 14.5. The summed E-state index contributed by atoms with van der Waals surface area (Å²) in [6, 6.07) is 11.4. The smallest absolute Gasteiger partial charge is 0.297 e. The number of aromatic nitrogens is 1. The van der Waals surface area contributed by atoms with Crippen LogP contribution in [-0.4, -0.2) is 18.0 Å². The van der Waals surface area contributed by atoms with Crippen molar-refractivity contribution in [2.75, 3.05) is 12.0 Å². The van der Waals surface area contributed by atoms with Gasteiger partial charge in [-0.1, -0.05) is 23.7 Å². The van der Waals surface area contributed by atoms with Gasteiger partial charge in [-0.05, 0) is 42.8 Å². The van der Waals surface area contributed by atoms with Gasteiger partial charge in [0, 0.05) is 10.4 Å². The van der Waals surface area contributed by atoms with Crippen LogP contribution in [0.3, 0.4) is 0 Å². The molecule has 0 saturated carbocycles. The predicted molar refractivity (Wildman–Crippen MR) is 116 cm³/mol. The van der Waals surface area contributed by atoms with Gasteiger partial charge in [0.15, 0.2) is 10.6 Å². The van der Waals surface area contributed by atoms with Gasteiger partial charge in [-0.2, -0.15) is 0 Å². The second kappa shape index (κ2) is 6.97. The number of hydrogen-bond donors (Lipinski definition) is 0. The summed E-state index contributed by atoms with van der Waals surface area (Å²) < 4.78 is 11.2. The molecule has 2 aromatic carbocycles. The van der Waals surface area contributed by atoms with Crippen molar-refractivity contribution in [3.63, 3.8) is 0 Å². The molecule has 4 aromatic rings. The summed E-state index contributed by atoms with van der Waals surface area (Å²) in [4.78, 5) is 32.9. The van der Waals surface area contributed by atoms with Crippen LogP contribution >= 0.6 is 22.9 Å². The third-order valence-electron chi connectivity index (χ3n) is 5.08. The molecule has 6 nitrogen and oxygen atoms in total. The van der Waals surface area contributed by atoms with Crippen molar-refractivity contribution in [1.29, 1.82) is 0 Å². The molecule has 30 heavy (non-hydrogen) atoms. The average molecular weight is 439 g/mol. The Kier molecular flexibility index (Phi) is 4.38. The third kappa shape index (κ3) is 2.81. The lowest BCUT2D eigenvalue weighted by Crippen LogP contribution is -2.29. The van der Waals surface area contributed by atoms with Crippen LogP contribution in [0.5, 0.6) is 5.75 Å². The highest BCUT2D eigenvalue weighted by molar-refractivity contribution is 7.14. The molecule has 1 aliphatic heterocycles. The van der Waals surface area contributed by atoms with E-state index in [2.05, 4.69) is 4.98 Å². The van der Waals surface area contributed by atoms with Gasteiger partial charge in [0.05, 0.1) is 29.8 Å². The molecule has 5 rings (SSSR count). The lowest BCUT2D eigenvalue weighted by Gasteiger charge is -2.22. The summed E-state index contributed by atoms with van der Waals surface area (Å²) in [5, 5.41) is 3.13. The maximum Gasteiger partial charge on any atom is 0.297 e. The normalized spacial score (nSPS) is 15.6. The van der Waals surface area contributed by atoms with E-state index in [9.17, 15) is 9.59 Å². The molecule has 1 atom stereocenters. The van der Waals surface area contributed by atoms with Crippen molar-refractivity contribution in [2.45, 2.75) is 13.0 Å². The fourth-order valence-electron chi connectivity index (χ4n) is 3.70. The summed E-state index contributed by atoms with van der Waals surface area (Å²) in [7, 11) is 1.58. The number of carbonyl (C=O) groups is 1. The lowest BCUT2D eigenvalue weighted by molar-refractivity contribution is 0.0971. The van der Waals surface area contributed by atoms with Crippen LogP contribution < -0.4 is 15.1 Å². The van der Waals surface area contributed by atoms with E-state index in [-0.39, 0.29) is 16.8 Å². The number of anilines is 1. The molecule has 1 aliphatic rings. The molecule has 2 aromatic heterocycles. The van der Waals surface area contributed by atoms with Gasteiger partial charge in [0.25, 0.3) is 5.91 Å². The Labute approximate surface area is 180 Å². The number of methoxy groups -OCH3 is 1. The van der Waals surface area contributed by atoms with E-state index in [0.717, 1.165) is 11.3 Å². The van der Waals surface area contributed by atoms with Crippen LogP contribution in [0.1, 0.15) is 33.4 Å². The molecule has 3 heterocycles. The Hall–Kier alpha value is -3.16. The molecule has 0 N–H and O–H groups in total. The monoisotopic (exact) mass is 438 g/mol. The highest BCUT2D eigenvalue weighted by Crippen LogP contribution is 2.42. The van der Waals surface area contributed by atoms with Crippen molar-refractivity contribution >= 4 is 44.9 Å². The van der Waals surface area contributed by atoms with Crippen LogP contribution in [0.25, 0.3) is 11.0 Å². The van der Waals surface area contributed by atoms with Gasteiger partial charge in [0.2, 0.25) is 5.76 Å². The Bertz CT molecular complexity index is 1360. The van der Waals surface area contributed by atoms with Gasteiger partial charge < -0.3 is 9.15 Å². The second-order valence-corrected chi connectivity index (χ2v) is 8.21. The van der Waals surface area contributed by atoms with E-state index in [1.165, 1.54) is 16.2 Å². The molecule has 150 valence electrons. The van der Waals surface area contributed by atoms with Crippen LogP contribution in [-0.2, 0) is 0 Å². The number of hydrogen-bond acceptors (Lipinski definition) is 6. The van der Waals surface area contributed by atoms with Crippen LogP contribution in [0.4, 0.5) is 5.13 Å². The standard InChI is InChI=1S/C22H15ClN2O4S/c1-11-10-30-22(24-11)25-18(12-3-6-14(28-2)7-4-12)17-19(26)15-9-13(23)5-8-16(15)29-20(17)21(25)27/h3-10,18H,1-2H3. The number of rotatable bonds is 3. The quantitative estimate of drug-likeness (QED) is 0.451. The maximum atomic E-state index is 13.5. The Balaban J connectivity index is 1.80. The number of carbonyl (C=O) groups excluding carboxylic acids is 1. The molecule has 0 spiro atoms. The Morgan fingerprint density at radius 3 is 2.60 bits per heavy atom. The van der Waals surface area contributed by atoms with E-state index in [4.69, 9.17) is 20.8 Å². The Morgan fingerprint density at radius 1 is 1.17 bits per heavy atom. The fraction of sp³-hybridized carbons (Fsp3) is 0.136. The number of halogens is 1. The minimum absolute atomic E-state index is 0.0310. The Morgan fingerprint density at radius 2 is 1.93 bits per heavy atom. The van der Waals surface area contributed by atoms with Crippen molar-refractivity contribution in [1.82, 2.24) is 4.98 Å². The van der Waals surface area contributed by atoms with E-state index >= 15 is 0 Å². The maximum absolute atomic E-state index is 13.5. The van der Waals surface area contributed by atoms with Gasteiger partial charge >= 0.3 is 0 Å². The number of benzene rings is 2. The summed E-state index contributed by atoms with van der Waals surface area (Å²) in [6.45, 7) is 1.86. The van der Waals surface area contributed by atoms with E-state index < -0.39 is 11.9 Å². The molecule has 0 saturated heterocycles. The van der Waals surface area contributed by atoms with Gasteiger partial charge in [-0.25, -0.2) is 4.98 Å². The van der Waals surface area contributed by atoms with E-state index in [0.29, 0.717) is 26.9 Å². The van der Waals surface area contributed by atoms with Crippen molar-refractivity contribution in [3.8, 4) is 5.75 Å². The SMILES string of the molecule is COc1ccc(C2c3c(oc4ccc(Cl)cc4c3=O)C(=O)N2c2nc(C)cs2)cc1. The van der Waals surface area contributed by atoms with Gasteiger partial charge in [-0.3, -0.25) is 14.5 Å². The molecule has 1 amide bonds. The lowest BCUT2D eigenvalue weighted by atomic mass is 9.98. The second-order valence-electron chi connectivity index (χ2n) is 6.94. The molecule has 0 aliphatic carbocycles. The first-order valence-electron chi connectivity index (χ1n) is 9.14. The van der Waals surface area contributed by atoms with Gasteiger partial charge in [0.1, 0.15) is 11.3 Å². The summed E-state index contributed by atoms with van der Waals surface area (Å²) in [5.74, 6) is 0.315. The predicted octanol–water partition coefficient (Wildman–Crippen LogP) is 4.97. The molecule has 0 fully saturated rings. The fourth-order valence-corrected chi connectivity index (χ4v) is 4.70. The number of aryl methyl sites for hydroxylation is 1. The molecule has 1 unspecified atom stereocenters. The summed E-state index contributed by atoms with van der Waals surface area (Å²) in [6.07, 6.45) is 0. The number of thiazole rings is 1. The summed E-state index contributed by atoms with van der Waals surface area (Å²) >= 11 is 7.45. The molecular formula is C22H15ClN2O4S. The number of amides is 1. The van der Waals surface area contributed by atoms with Crippen LogP contribution in [0.2, 0.25) is 5.02 Å². The van der Waals surface area contributed by atoms with Gasteiger partial charge in [-0.15, -0.1) is 11.3 Å². The zero-order chi connectivity index (χ0) is 21.0. The minimum Gasteiger partial charge on any atom is -0.497 e. The number of ether oxygens (including phenoxy) is 1.